The minimum Gasteiger partial charge on any atom is -0.456 e. The van der Waals surface area contributed by atoms with E-state index in [2.05, 4.69) is 0 Å². The first-order valence-corrected chi connectivity index (χ1v) is 9.27. The van der Waals surface area contributed by atoms with E-state index in [0.717, 1.165) is 10.2 Å². The van der Waals surface area contributed by atoms with E-state index in [1.807, 2.05) is 28.7 Å². The van der Waals surface area contributed by atoms with Gasteiger partial charge in [0.2, 0.25) is 0 Å². The van der Waals surface area contributed by atoms with Crippen LogP contribution in [0.25, 0.3) is 15.0 Å². The van der Waals surface area contributed by atoms with E-state index in [-0.39, 0.29) is 11.1 Å². The summed E-state index contributed by atoms with van der Waals surface area (Å²) < 4.78 is 13.9. The topological polar surface area (TPSA) is 57.0 Å². The van der Waals surface area contributed by atoms with Gasteiger partial charge in [0.05, 0.1) is 15.8 Å². The molecule has 0 saturated heterocycles. The minimum absolute atomic E-state index is 0.228. The predicted octanol–water partition coefficient (Wildman–Crippen LogP) is 5.06. The zero-order valence-corrected chi connectivity index (χ0v) is 16.7. The maximum Gasteiger partial charge on any atom is 0.342 e. The number of nitrogens with zero attached hydrogens (tertiary/aromatic N) is 1. The molecule has 0 saturated carbocycles. The highest BCUT2D eigenvalue weighted by Gasteiger charge is 2.31. The summed E-state index contributed by atoms with van der Waals surface area (Å²) in [5, 5.41) is 0. The number of carbonyl (C=O) groups is 2. The van der Waals surface area contributed by atoms with E-state index in [9.17, 15) is 9.59 Å². The molecule has 0 spiro atoms. The third-order valence-corrected chi connectivity index (χ3v) is 4.67. The molecule has 0 radical (unpaired) electrons. The Balaban J connectivity index is 2.20. The lowest BCUT2D eigenvalue weighted by Gasteiger charge is -2.21. The van der Waals surface area contributed by atoms with Gasteiger partial charge in [-0.25, -0.2) is 9.59 Å². The van der Waals surface area contributed by atoms with Crippen molar-refractivity contribution in [1.82, 2.24) is 4.40 Å². The number of rotatable bonds is 2. The predicted molar refractivity (Wildman–Crippen MR) is 103 cm³/mol. The van der Waals surface area contributed by atoms with Gasteiger partial charge in [0.1, 0.15) is 21.6 Å². The molecule has 0 aliphatic heterocycles. The van der Waals surface area contributed by atoms with Crippen LogP contribution in [0.3, 0.4) is 0 Å². The van der Waals surface area contributed by atoms with E-state index < -0.39 is 23.1 Å². The zero-order chi connectivity index (χ0) is 19.3. The Morgan fingerprint density at radius 2 is 1.50 bits per heavy atom. The Kier molecular flexibility index (Phi) is 4.35. The molecule has 26 heavy (non-hydrogen) atoms. The number of aromatic nitrogens is 1. The highest BCUT2D eigenvalue weighted by molar-refractivity contribution is 7.24. The first-order chi connectivity index (χ1) is 12.0. The Morgan fingerprint density at radius 3 is 2.12 bits per heavy atom. The van der Waals surface area contributed by atoms with Crippen LogP contribution in [-0.2, 0) is 9.47 Å². The first-order valence-electron chi connectivity index (χ1n) is 8.45. The van der Waals surface area contributed by atoms with Crippen LogP contribution in [0.2, 0.25) is 0 Å². The summed E-state index contributed by atoms with van der Waals surface area (Å²) in [4.78, 5) is 26.3. The van der Waals surface area contributed by atoms with Gasteiger partial charge in [-0.15, -0.1) is 11.3 Å². The number of esters is 2. The number of para-hydroxylation sites is 1. The molecule has 0 amide bonds. The summed E-state index contributed by atoms with van der Waals surface area (Å²) in [5.74, 6) is -1.05. The van der Waals surface area contributed by atoms with E-state index in [4.69, 9.17) is 9.47 Å². The molecular weight excluding hydrogens is 350 g/mol. The number of hydrogen-bond donors (Lipinski definition) is 0. The quantitative estimate of drug-likeness (QED) is 0.589. The van der Waals surface area contributed by atoms with Crippen molar-refractivity contribution in [2.75, 3.05) is 0 Å². The highest BCUT2D eigenvalue weighted by atomic mass is 32.1. The standard InChI is InChI=1S/C20H23NO4S/c1-19(2,3)24-17(22)12-11-21-13-9-7-8-10-14(13)26-16(21)15(12)18(23)25-20(4,5)6/h7-11H,1-6H3. The highest BCUT2D eigenvalue weighted by Crippen LogP contribution is 2.34. The molecule has 0 fully saturated rings. The molecule has 1 aromatic carbocycles. The summed E-state index contributed by atoms with van der Waals surface area (Å²) in [6.07, 6.45) is 1.67. The van der Waals surface area contributed by atoms with Crippen LogP contribution in [-0.4, -0.2) is 27.5 Å². The van der Waals surface area contributed by atoms with Crippen LogP contribution in [0, 0.1) is 0 Å². The van der Waals surface area contributed by atoms with Crippen molar-refractivity contribution >= 4 is 38.3 Å². The molecule has 0 atom stereocenters. The summed E-state index contributed by atoms with van der Waals surface area (Å²) in [5.41, 5.74) is 0.112. The van der Waals surface area contributed by atoms with Crippen molar-refractivity contribution in [2.45, 2.75) is 52.7 Å². The van der Waals surface area contributed by atoms with Gasteiger partial charge in [-0.1, -0.05) is 12.1 Å². The van der Waals surface area contributed by atoms with Gasteiger partial charge < -0.3 is 13.9 Å². The second-order valence-electron chi connectivity index (χ2n) is 8.17. The molecule has 0 aliphatic carbocycles. The van der Waals surface area contributed by atoms with Gasteiger partial charge in [0, 0.05) is 6.20 Å². The molecule has 5 nitrogen and oxygen atoms in total. The fraction of sp³-hybridized carbons (Fsp3) is 0.400. The maximum absolute atomic E-state index is 12.9. The lowest BCUT2D eigenvalue weighted by atomic mass is 10.1. The normalized spacial score (nSPS) is 12.5. The minimum atomic E-state index is -0.659. The van der Waals surface area contributed by atoms with Gasteiger partial charge in [-0.2, -0.15) is 0 Å². The van der Waals surface area contributed by atoms with Crippen molar-refractivity contribution in [3.8, 4) is 0 Å². The maximum atomic E-state index is 12.9. The summed E-state index contributed by atoms with van der Waals surface area (Å²) >= 11 is 1.45. The Hall–Kier alpha value is -2.34. The van der Waals surface area contributed by atoms with Crippen LogP contribution in [0.5, 0.6) is 0 Å². The van der Waals surface area contributed by atoms with E-state index in [1.165, 1.54) is 11.3 Å². The summed E-state index contributed by atoms with van der Waals surface area (Å²) in [7, 11) is 0. The van der Waals surface area contributed by atoms with E-state index in [0.29, 0.717) is 4.83 Å². The monoisotopic (exact) mass is 373 g/mol. The largest absolute Gasteiger partial charge is 0.456 e. The summed E-state index contributed by atoms with van der Waals surface area (Å²) in [6.45, 7) is 10.8. The molecule has 0 bridgehead atoms. The third-order valence-electron chi connectivity index (χ3n) is 3.51. The molecule has 0 unspecified atom stereocenters. The zero-order valence-electron chi connectivity index (χ0n) is 15.9. The third kappa shape index (κ3) is 3.60. The van der Waals surface area contributed by atoms with E-state index in [1.54, 1.807) is 47.7 Å². The van der Waals surface area contributed by atoms with Crippen LogP contribution in [0.1, 0.15) is 62.3 Å². The lowest BCUT2D eigenvalue weighted by Crippen LogP contribution is -2.27. The van der Waals surface area contributed by atoms with Crippen molar-refractivity contribution in [2.24, 2.45) is 0 Å². The Bertz CT molecular complexity index is 999. The number of fused-ring (bicyclic) bond motifs is 3. The summed E-state index contributed by atoms with van der Waals surface area (Å²) in [6, 6.07) is 7.81. The van der Waals surface area contributed by atoms with Crippen molar-refractivity contribution in [1.29, 1.82) is 0 Å². The van der Waals surface area contributed by atoms with E-state index >= 15 is 0 Å². The lowest BCUT2D eigenvalue weighted by molar-refractivity contribution is 0.00216. The van der Waals surface area contributed by atoms with Crippen LogP contribution < -0.4 is 0 Å². The molecule has 2 aromatic heterocycles. The van der Waals surface area contributed by atoms with Crippen molar-refractivity contribution < 1.29 is 19.1 Å². The number of benzene rings is 1. The molecule has 3 aromatic rings. The molecule has 0 aliphatic rings. The van der Waals surface area contributed by atoms with Gasteiger partial charge in [-0.05, 0) is 53.7 Å². The molecule has 2 heterocycles. The van der Waals surface area contributed by atoms with Gasteiger partial charge in [0.15, 0.2) is 0 Å². The molecule has 6 heteroatoms. The first kappa shape index (κ1) is 18.5. The Morgan fingerprint density at radius 1 is 0.923 bits per heavy atom. The van der Waals surface area contributed by atoms with Crippen LogP contribution in [0.15, 0.2) is 30.5 Å². The number of carbonyl (C=O) groups excluding carboxylic acids is 2. The van der Waals surface area contributed by atoms with Crippen molar-refractivity contribution in [3.63, 3.8) is 0 Å². The van der Waals surface area contributed by atoms with Gasteiger partial charge in [0.25, 0.3) is 0 Å². The van der Waals surface area contributed by atoms with Gasteiger partial charge >= 0.3 is 11.9 Å². The second kappa shape index (κ2) is 6.13. The average Bonchev–Trinajstić information content (AvgIpc) is 2.98. The van der Waals surface area contributed by atoms with Gasteiger partial charge in [-0.3, -0.25) is 0 Å². The SMILES string of the molecule is CC(C)(C)OC(=O)c1cn2c(sc3ccccc32)c1C(=O)OC(C)(C)C. The number of thiazole rings is 1. The Labute approximate surface area is 156 Å². The smallest absolute Gasteiger partial charge is 0.342 e. The molecule has 0 N–H and O–H groups in total. The molecule has 138 valence electrons. The fourth-order valence-electron chi connectivity index (χ4n) is 2.63. The molecule has 3 rings (SSSR count). The molecular formula is C20H23NO4S. The fourth-order valence-corrected chi connectivity index (χ4v) is 3.80. The van der Waals surface area contributed by atoms with Crippen LogP contribution in [0.4, 0.5) is 0 Å². The van der Waals surface area contributed by atoms with Crippen molar-refractivity contribution in [3.05, 3.63) is 41.6 Å². The second-order valence-corrected chi connectivity index (χ2v) is 9.20. The number of hydrogen-bond acceptors (Lipinski definition) is 5. The van der Waals surface area contributed by atoms with Crippen LogP contribution >= 0.6 is 11.3 Å². The average molecular weight is 373 g/mol. The number of ether oxygens (including phenoxy) is 2.